The third kappa shape index (κ3) is 2.61. The van der Waals surface area contributed by atoms with E-state index in [9.17, 15) is 9.59 Å². The number of fused-ring (bicyclic) bond motifs is 1. The van der Waals surface area contributed by atoms with Crippen molar-refractivity contribution < 1.29 is 9.59 Å². The van der Waals surface area contributed by atoms with Crippen LogP contribution < -0.4 is 0 Å². The molecule has 0 bridgehead atoms. The van der Waals surface area contributed by atoms with E-state index >= 15 is 0 Å². The van der Waals surface area contributed by atoms with E-state index in [2.05, 4.69) is 41.5 Å². The minimum atomic E-state index is -0.427. The molecule has 0 aromatic rings. The van der Waals surface area contributed by atoms with Crippen LogP contribution in [0.1, 0.15) is 68.7 Å². The Morgan fingerprint density at radius 3 is 1.27 bits per heavy atom. The van der Waals surface area contributed by atoms with Gasteiger partial charge in [0.1, 0.15) is 0 Å². The molecule has 2 fully saturated rings. The smallest absolute Gasteiger partial charge is 0.233 e. The van der Waals surface area contributed by atoms with Crippen molar-refractivity contribution >= 4 is 11.8 Å². The van der Waals surface area contributed by atoms with Gasteiger partial charge in [-0.15, -0.1) is 0 Å². The Hall–Kier alpha value is -0.860. The number of carbonyl (C=O) groups excluding carboxylic acids is 2. The van der Waals surface area contributed by atoms with Crippen molar-refractivity contribution in [1.29, 1.82) is 0 Å². The first-order chi connectivity index (χ1) is 9.67. The van der Waals surface area contributed by atoms with Gasteiger partial charge in [0.05, 0.1) is 11.8 Å². The SMILES string of the molecule is CC(C)(C)C1CC(C(C)(C)C)C2C(=O)N(C(C)(C)C)C(=O)C21. The average molecular weight is 307 g/mol. The molecule has 0 radical (unpaired) electrons. The zero-order valence-electron chi connectivity index (χ0n) is 15.8. The lowest BCUT2D eigenvalue weighted by Gasteiger charge is -2.36. The molecular weight excluding hydrogens is 274 g/mol. The van der Waals surface area contributed by atoms with Gasteiger partial charge in [0, 0.05) is 5.54 Å². The van der Waals surface area contributed by atoms with Gasteiger partial charge in [-0.3, -0.25) is 14.5 Å². The molecule has 2 aliphatic rings. The zero-order chi connectivity index (χ0) is 17.2. The summed E-state index contributed by atoms with van der Waals surface area (Å²) >= 11 is 0. The molecule has 0 aromatic carbocycles. The van der Waals surface area contributed by atoms with Crippen LogP contribution in [0.5, 0.6) is 0 Å². The maximum atomic E-state index is 13.1. The molecule has 3 nitrogen and oxygen atoms in total. The van der Waals surface area contributed by atoms with E-state index in [0.717, 1.165) is 6.42 Å². The predicted octanol–water partition coefficient (Wildman–Crippen LogP) is 4.11. The summed E-state index contributed by atoms with van der Waals surface area (Å²) in [5.41, 5.74) is -0.330. The second-order valence-corrected chi connectivity index (χ2v) is 10.4. The van der Waals surface area contributed by atoms with Crippen LogP contribution in [0.3, 0.4) is 0 Å². The first-order valence-electron chi connectivity index (χ1n) is 8.55. The lowest BCUT2D eigenvalue weighted by molar-refractivity contribution is -0.147. The van der Waals surface area contributed by atoms with Crippen molar-refractivity contribution in [3.05, 3.63) is 0 Å². The van der Waals surface area contributed by atoms with Crippen molar-refractivity contribution in [2.45, 2.75) is 74.3 Å². The standard InChI is InChI=1S/C19H33NO2/c1-17(2,3)11-10-12(18(4,5)6)14-13(11)15(21)20(16(14)22)19(7,8)9/h11-14H,10H2,1-9H3. The maximum Gasteiger partial charge on any atom is 0.233 e. The largest absolute Gasteiger partial charge is 0.277 e. The van der Waals surface area contributed by atoms with Gasteiger partial charge in [-0.05, 0) is 49.9 Å². The zero-order valence-corrected chi connectivity index (χ0v) is 15.8. The second kappa shape index (κ2) is 4.82. The Morgan fingerprint density at radius 2 is 1.05 bits per heavy atom. The van der Waals surface area contributed by atoms with Crippen molar-refractivity contribution in [3.63, 3.8) is 0 Å². The average Bonchev–Trinajstić information content (AvgIpc) is 2.74. The fraction of sp³-hybridized carbons (Fsp3) is 0.895. The van der Waals surface area contributed by atoms with Crippen LogP contribution in [-0.4, -0.2) is 22.3 Å². The van der Waals surface area contributed by atoms with Crippen LogP contribution >= 0.6 is 0 Å². The molecule has 1 aliphatic carbocycles. The first kappa shape index (κ1) is 17.5. The summed E-state index contributed by atoms with van der Waals surface area (Å²) in [6, 6.07) is 0. The van der Waals surface area contributed by atoms with Gasteiger partial charge in [0.15, 0.2) is 0 Å². The highest BCUT2D eigenvalue weighted by molar-refractivity contribution is 6.06. The molecule has 126 valence electrons. The third-order valence-corrected chi connectivity index (χ3v) is 5.67. The number of rotatable bonds is 0. The van der Waals surface area contributed by atoms with Crippen molar-refractivity contribution in [2.24, 2.45) is 34.5 Å². The highest BCUT2D eigenvalue weighted by Crippen LogP contribution is 2.58. The molecule has 3 heteroatoms. The number of carbonyl (C=O) groups is 2. The molecule has 4 unspecified atom stereocenters. The Kier molecular flexibility index (Phi) is 3.83. The molecule has 22 heavy (non-hydrogen) atoms. The van der Waals surface area contributed by atoms with Gasteiger partial charge in [0.2, 0.25) is 11.8 Å². The van der Waals surface area contributed by atoms with E-state index < -0.39 is 5.54 Å². The summed E-state index contributed by atoms with van der Waals surface area (Å²) in [6.45, 7) is 19.1. The fourth-order valence-electron chi connectivity index (χ4n) is 4.57. The Balaban J connectivity index is 2.51. The summed E-state index contributed by atoms with van der Waals surface area (Å²) in [5.74, 6) is 0.436. The molecule has 0 spiro atoms. The number of nitrogens with zero attached hydrogens (tertiary/aromatic N) is 1. The topological polar surface area (TPSA) is 37.4 Å². The van der Waals surface area contributed by atoms with Gasteiger partial charge in [-0.1, -0.05) is 41.5 Å². The van der Waals surface area contributed by atoms with E-state index in [1.54, 1.807) is 4.90 Å². The minimum Gasteiger partial charge on any atom is -0.277 e. The Bertz CT molecular complexity index is 449. The molecule has 4 atom stereocenters. The maximum absolute atomic E-state index is 13.1. The van der Waals surface area contributed by atoms with Crippen molar-refractivity contribution in [2.75, 3.05) is 0 Å². The van der Waals surface area contributed by atoms with Crippen LogP contribution in [0.25, 0.3) is 0 Å². The van der Waals surface area contributed by atoms with E-state index in [1.807, 2.05) is 20.8 Å². The molecule has 0 N–H and O–H groups in total. The lowest BCUT2D eigenvalue weighted by atomic mass is 9.73. The normalized spacial score (nSPS) is 33.6. The third-order valence-electron chi connectivity index (χ3n) is 5.67. The molecule has 1 heterocycles. The lowest BCUT2D eigenvalue weighted by Crippen LogP contribution is -2.48. The van der Waals surface area contributed by atoms with Crippen molar-refractivity contribution in [3.8, 4) is 0 Å². The first-order valence-corrected chi connectivity index (χ1v) is 8.55. The molecule has 2 amide bonds. The van der Waals surface area contributed by atoms with Gasteiger partial charge in [0.25, 0.3) is 0 Å². The van der Waals surface area contributed by atoms with Gasteiger partial charge < -0.3 is 0 Å². The van der Waals surface area contributed by atoms with Crippen molar-refractivity contribution in [1.82, 2.24) is 4.90 Å². The van der Waals surface area contributed by atoms with Crippen LogP contribution in [0.4, 0.5) is 0 Å². The second-order valence-electron chi connectivity index (χ2n) is 10.4. The highest BCUT2D eigenvalue weighted by atomic mass is 16.2. The fourth-order valence-corrected chi connectivity index (χ4v) is 4.57. The molecular formula is C19H33NO2. The number of amides is 2. The summed E-state index contributed by atoms with van der Waals surface area (Å²) in [4.78, 5) is 27.7. The number of hydrogen-bond acceptors (Lipinski definition) is 2. The van der Waals surface area contributed by atoms with E-state index in [-0.39, 0.29) is 46.3 Å². The van der Waals surface area contributed by atoms with Crippen LogP contribution in [0.15, 0.2) is 0 Å². The van der Waals surface area contributed by atoms with E-state index in [1.165, 1.54) is 0 Å². The predicted molar refractivity (Wildman–Crippen MR) is 89.1 cm³/mol. The van der Waals surface area contributed by atoms with Gasteiger partial charge in [-0.25, -0.2) is 0 Å². The molecule has 1 saturated carbocycles. The summed E-state index contributed by atoms with van der Waals surface area (Å²) in [6.07, 6.45) is 0.984. The number of imide groups is 1. The Morgan fingerprint density at radius 1 is 0.727 bits per heavy atom. The van der Waals surface area contributed by atoms with Crippen LogP contribution in [-0.2, 0) is 9.59 Å². The van der Waals surface area contributed by atoms with Crippen LogP contribution in [0.2, 0.25) is 0 Å². The summed E-state index contributed by atoms with van der Waals surface area (Å²) in [5, 5.41) is 0. The van der Waals surface area contributed by atoms with E-state index in [4.69, 9.17) is 0 Å². The quantitative estimate of drug-likeness (QED) is 0.631. The number of likely N-dealkylation sites (tertiary alicyclic amines) is 1. The monoisotopic (exact) mass is 307 g/mol. The molecule has 2 rings (SSSR count). The molecule has 1 saturated heterocycles. The van der Waals surface area contributed by atoms with Crippen LogP contribution in [0, 0.1) is 34.5 Å². The minimum absolute atomic E-state index is 0.0484. The summed E-state index contributed by atoms with van der Waals surface area (Å²) in [7, 11) is 0. The summed E-state index contributed by atoms with van der Waals surface area (Å²) < 4.78 is 0. The highest BCUT2D eigenvalue weighted by Gasteiger charge is 2.63. The molecule has 1 aliphatic heterocycles. The number of hydrogen-bond donors (Lipinski definition) is 0. The Labute approximate surface area is 135 Å². The van der Waals surface area contributed by atoms with Gasteiger partial charge >= 0.3 is 0 Å². The van der Waals surface area contributed by atoms with Gasteiger partial charge in [-0.2, -0.15) is 0 Å². The van der Waals surface area contributed by atoms with E-state index in [0.29, 0.717) is 0 Å². The molecule has 0 aromatic heterocycles.